The Labute approximate surface area is 207 Å². The lowest BCUT2D eigenvalue weighted by molar-refractivity contribution is -0.123. The molecule has 1 N–H and O–H groups in total. The van der Waals surface area contributed by atoms with Gasteiger partial charge in [-0.25, -0.2) is 4.90 Å². The van der Waals surface area contributed by atoms with Crippen molar-refractivity contribution in [2.75, 3.05) is 9.91 Å². The molecule has 36 heavy (non-hydrogen) atoms. The minimum Gasteiger partial charge on any atom is -0.361 e. The molecule has 3 aromatic carbocycles. The summed E-state index contributed by atoms with van der Waals surface area (Å²) >= 11 is 0. The Balaban J connectivity index is 1.56. The summed E-state index contributed by atoms with van der Waals surface area (Å²) in [5.41, 5.74) is 3.45. The molecule has 3 amide bonds. The topological polar surface area (TPSA) is 85.8 Å². The molecule has 1 unspecified atom stereocenters. The highest BCUT2D eigenvalue weighted by Crippen LogP contribution is 2.42. The van der Waals surface area contributed by atoms with Crippen molar-refractivity contribution in [3.63, 3.8) is 0 Å². The standard InChI is InChI=1S/C29H22N4O3/c1-2-22-25(29(36)33(31-22)19-13-7-4-8-14-19)26-24(21-17-30-23-16-10-9-15-20(21)23)27(34)32(28(26)35)18-11-5-3-6-12-18/h3-17,25,30H,2H2,1H3. The molecular weight excluding hydrogens is 452 g/mol. The molecule has 4 aromatic rings. The third kappa shape index (κ3) is 3.20. The molecule has 0 saturated heterocycles. The first-order valence-corrected chi connectivity index (χ1v) is 11.8. The Morgan fingerprint density at radius 3 is 2.14 bits per heavy atom. The van der Waals surface area contributed by atoms with Crippen LogP contribution in [0, 0.1) is 5.92 Å². The van der Waals surface area contributed by atoms with Gasteiger partial charge in [0.25, 0.3) is 17.7 Å². The SMILES string of the molecule is CCC1=NN(c2ccccc2)C(=O)C1C1=C(c2c[nH]c3ccccc23)C(=O)N(c2ccccc2)C1=O. The number of benzene rings is 3. The van der Waals surface area contributed by atoms with E-state index >= 15 is 0 Å². The van der Waals surface area contributed by atoms with E-state index in [-0.39, 0.29) is 17.1 Å². The van der Waals surface area contributed by atoms with Crippen LogP contribution in [0.2, 0.25) is 0 Å². The molecule has 0 bridgehead atoms. The number of hydrogen-bond donors (Lipinski definition) is 1. The van der Waals surface area contributed by atoms with Gasteiger partial charge in [0.2, 0.25) is 0 Å². The van der Waals surface area contributed by atoms with Gasteiger partial charge in [0.05, 0.1) is 22.7 Å². The largest absolute Gasteiger partial charge is 0.361 e. The van der Waals surface area contributed by atoms with Gasteiger partial charge in [-0.05, 0) is 36.8 Å². The Morgan fingerprint density at radius 2 is 1.44 bits per heavy atom. The number of carbonyl (C=O) groups is 3. The Morgan fingerprint density at radius 1 is 0.806 bits per heavy atom. The average Bonchev–Trinajstić information content (AvgIpc) is 3.56. The summed E-state index contributed by atoms with van der Waals surface area (Å²) in [4.78, 5) is 46.1. The van der Waals surface area contributed by atoms with Crippen LogP contribution in [0.3, 0.4) is 0 Å². The van der Waals surface area contributed by atoms with Gasteiger partial charge < -0.3 is 4.98 Å². The molecule has 0 radical (unpaired) electrons. The van der Waals surface area contributed by atoms with Gasteiger partial charge in [-0.2, -0.15) is 10.1 Å². The number of fused-ring (bicyclic) bond motifs is 1. The van der Waals surface area contributed by atoms with E-state index in [1.807, 2.05) is 55.5 Å². The lowest BCUT2D eigenvalue weighted by atomic mass is 9.87. The highest BCUT2D eigenvalue weighted by Gasteiger charge is 2.50. The van der Waals surface area contributed by atoms with Crippen LogP contribution < -0.4 is 9.91 Å². The molecule has 1 aromatic heterocycles. The van der Waals surface area contributed by atoms with Crippen molar-refractivity contribution in [1.29, 1.82) is 0 Å². The highest BCUT2D eigenvalue weighted by molar-refractivity contribution is 6.48. The summed E-state index contributed by atoms with van der Waals surface area (Å²) in [6.45, 7) is 1.90. The van der Waals surface area contributed by atoms with E-state index in [0.717, 1.165) is 15.8 Å². The van der Waals surface area contributed by atoms with Gasteiger partial charge in [-0.3, -0.25) is 14.4 Å². The predicted molar refractivity (Wildman–Crippen MR) is 139 cm³/mol. The van der Waals surface area contributed by atoms with Gasteiger partial charge >= 0.3 is 0 Å². The number of carbonyl (C=O) groups excluding carboxylic acids is 3. The average molecular weight is 475 g/mol. The Kier molecular flexibility index (Phi) is 5.11. The number of hydrazone groups is 1. The second-order valence-electron chi connectivity index (χ2n) is 8.68. The minimum atomic E-state index is -0.955. The zero-order valence-corrected chi connectivity index (χ0v) is 19.5. The van der Waals surface area contributed by atoms with E-state index in [1.54, 1.807) is 42.6 Å². The quantitative estimate of drug-likeness (QED) is 0.417. The van der Waals surface area contributed by atoms with Gasteiger partial charge in [-0.15, -0.1) is 0 Å². The number of nitrogens with zero attached hydrogens (tertiary/aromatic N) is 3. The van der Waals surface area contributed by atoms with E-state index in [1.165, 1.54) is 5.01 Å². The molecule has 2 aliphatic rings. The molecule has 7 heteroatoms. The van der Waals surface area contributed by atoms with Crippen molar-refractivity contribution in [2.45, 2.75) is 13.3 Å². The van der Waals surface area contributed by atoms with Crippen LogP contribution in [0.25, 0.3) is 16.5 Å². The first-order chi connectivity index (χ1) is 17.6. The third-order valence-corrected chi connectivity index (χ3v) is 6.66. The Bertz CT molecular complexity index is 1580. The van der Waals surface area contributed by atoms with Gasteiger partial charge in [0.15, 0.2) is 0 Å². The van der Waals surface area contributed by atoms with Crippen molar-refractivity contribution in [3.05, 3.63) is 102 Å². The molecule has 3 heterocycles. The molecule has 0 spiro atoms. The lowest BCUT2D eigenvalue weighted by Crippen LogP contribution is -2.35. The van der Waals surface area contributed by atoms with Crippen molar-refractivity contribution < 1.29 is 14.4 Å². The summed E-state index contributed by atoms with van der Waals surface area (Å²) in [5, 5.41) is 6.74. The van der Waals surface area contributed by atoms with Crippen molar-refractivity contribution >= 4 is 51.3 Å². The van der Waals surface area contributed by atoms with Crippen LogP contribution in [0.5, 0.6) is 0 Å². The Hall–Kier alpha value is -4.78. The number of aromatic amines is 1. The summed E-state index contributed by atoms with van der Waals surface area (Å²) in [6.07, 6.45) is 2.19. The maximum absolute atomic E-state index is 14.0. The molecule has 1 atom stereocenters. The van der Waals surface area contributed by atoms with Crippen molar-refractivity contribution in [3.8, 4) is 0 Å². The van der Waals surface area contributed by atoms with Crippen LogP contribution in [0.1, 0.15) is 18.9 Å². The molecule has 7 nitrogen and oxygen atoms in total. The van der Waals surface area contributed by atoms with Gasteiger partial charge in [-0.1, -0.05) is 61.5 Å². The van der Waals surface area contributed by atoms with E-state index in [0.29, 0.717) is 29.1 Å². The number of H-pyrrole nitrogens is 1. The fourth-order valence-electron chi connectivity index (χ4n) is 4.98. The molecule has 0 saturated carbocycles. The van der Waals surface area contributed by atoms with Crippen LogP contribution >= 0.6 is 0 Å². The lowest BCUT2D eigenvalue weighted by Gasteiger charge is -2.17. The van der Waals surface area contributed by atoms with Gasteiger partial charge in [0, 0.05) is 28.2 Å². The van der Waals surface area contributed by atoms with E-state index in [2.05, 4.69) is 10.1 Å². The molecule has 2 aliphatic heterocycles. The van der Waals surface area contributed by atoms with Gasteiger partial charge in [0.1, 0.15) is 5.92 Å². The van der Waals surface area contributed by atoms with Crippen LogP contribution in [-0.4, -0.2) is 28.4 Å². The molecule has 0 aliphatic carbocycles. The maximum Gasteiger partial charge on any atom is 0.266 e. The first kappa shape index (κ1) is 21.7. The van der Waals surface area contributed by atoms with Crippen LogP contribution in [-0.2, 0) is 14.4 Å². The highest BCUT2D eigenvalue weighted by atomic mass is 16.2. The summed E-state index contributed by atoms with van der Waals surface area (Å²) in [7, 11) is 0. The fraction of sp³-hybridized carbons (Fsp3) is 0.103. The second kappa shape index (κ2) is 8.46. The summed E-state index contributed by atoms with van der Waals surface area (Å²) < 4.78 is 0. The zero-order valence-electron chi connectivity index (χ0n) is 19.5. The summed E-state index contributed by atoms with van der Waals surface area (Å²) in [6, 6.07) is 25.5. The van der Waals surface area contributed by atoms with E-state index in [4.69, 9.17) is 0 Å². The molecule has 6 rings (SSSR count). The first-order valence-electron chi connectivity index (χ1n) is 11.8. The predicted octanol–water partition coefficient (Wildman–Crippen LogP) is 4.92. The zero-order chi connectivity index (χ0) is 24.8. The van der Waals surface area contributed by atoms with E-state index < -0.39 is 17.7 Å². The third-order valence-electron chi connectivity index (χ3n) is 6.66. The van der Waals surface area contributed by atoms with Crippen LogP contribution in [0.15, 0.2) is 102 Å². The minimum absolute atomic E-state index is 0.164. The van der Waals surface area contributed by atoms with Crippen molar-refractivity contribution in [1.82, 2.24) is 4.98 Å². The number of imide groups is 1. The summed E-state index contributed by atoms with van der Waals surface area (Å²) in [5.74, 6) is -2.25. The molecule has 0 fully saturated rings. The number of aromatic nitrogens is 1. The van der Waals surface area contributed by atoms with Crippen molar-refractivity contribution in [2.24, 2.45) is 11.0 Å². The number of para-hydroxylation sites is 3. The number of rotatable bonds is 5. The monoisotopic (exact) mass is 474 g/mol. The molecular formula is C29H22N4O3. The smallest absolute Gasteiger partial charge is 0.266 e. The number of amides is 3. The second-order valence-corrected chi connectivity index (χ2v) is 8.68. The maximum atomic E-state index is 14.0. The van der Waals surface area contributed by atoms with Crippen LogP contribution in [0.4, 0.5) is 11.4 Å². The normalized spacial score (nSPS) is 18.1. The number of nitrogens with one attached hydrogen (secondary N) is 1. The molecule has 176 valence electrons. The number of hydrogen-bond acceptors (Lipinski definition) is 4. The van der Waals surface area contributed by atoms with E-state index in [9.17, 15) is 14.4 Å². The number of anilines is 2. The fourth-order valence-corrected chi connectivity index (χ4v) is 4.98.